The lowest BCUT2D eigenvalue weighted by Crippen LogP contribution is -2.09. The van der Waals surface area contributed by atoms with Gasteiger partial charge in [0.25, 0.3) is 0 Å². The molecule has 1 aliphatic carbocycles. The zero-order chi connectivity index (χ0) is 18.5. The van der Waals surface area contributed by atoms with E-state index in [0.29, 0.717) is 13.2 Å². The van der Waals surface area contributed by atoms with Crippen LogP contribution < -0.4 is 0 Å². The van der Waals surface area contributed by atoms with Gasteiger partial charge in [0, 0.05) is 17.7 Å². The lowest BCUT2D eigenvalue weighted by atomic mass is 10.0. The fourth-order valence-electron chi connectivity index (χ4n) is 3.15. The number of carboxylic acid groups (broad SMARTS) is 1. The maximum absolute atomic E-state index is 11.0. The molecular formula is C21H24N2O3. The zero-order valence-electron chi connectivity index (χ0n) is 15.2. The van der Waals surface area contributed by atoms with Crippen molar-refractivity contribution in [2.75, 3.05) is 0 Å². The van der Waals surface area contributed by atoms with Crippen molar-refractivity contribution in [1.82, 2.24) is 9.78 Å². The van der Waals surface area contributed by atoms with Gasteiger partial charge in [-0.25, -0.2) is 0 Å². The number of aromatic nitrogens is 2. The second-order valence-corrected chi connectivity index (χ2v) is 6.61. The van der Waals surface area contributed by atoms with E-state index in [1.54, 1.807) is 0 Å². The monoisotopic (exact) mass is 352 g/mol. The van der Waals surface area contributed by atoms with Gasteiger partial charge in [0.05, 0.1) is 24.4 Å². The molecule has 0 amide bonds. The molecule has 0 fully saturated rings. The number of hydrogen-bond donors (Lipinski definition) is 1. The second kappa shape index (κ2) is 8.04. The Balaban J connectivity index is 1.62. The number of benzene rings is 1. The van der Waals surface area contributed by atoms with Gasteiger partial charge in [0.15, 0.2) is 0 Å². The Morgan fingerprint density at radius 1 is 1.19 bits per heavy atom. The molecule has 1 heterocycles. The van der Waals surface area contributed by atoms with Crippen molar-refractivity contribution < 1.29 is 14.6 Å². The van der Waals surface area contributed by atoms with Crippen LogP contribution in [-0.4, -0.2) is 20.9 Å². The third-order valence-electron chi connectivity index (χ3n) is 4.68. The Morgan fingerprint density at radius 3 is 2.62 bits per heavy atom. The first-order valence-electron chi connectivity index (χ1n) is 8.83. The Morgan fingerprint density at radius 2 is 1.96 bits per heavy atom. The quantitative estimate of drug-likeness (QED) is 0.819. The predicted molar refractivity (Wildman–Crippen MR) is 99.7 cm³/mol. The highest BCUT2D eigenvalue weighted by Gasteiger charge is 2.16. The van der Waals surface area contributed by atoms with Gasteiger partial charge in [0.1, 0.15) is 6.61 Å². The van der Waals surface area contributed by atoms with Gasteiger partial charge in [-0.15, -0.1) is 0 Å². The summed E-state index contributed by atoms with van der Waals surface area (Å²) in [5, 5.41) is 13.6. The molecule has 1 aromatic carbocycles. The lowest BCUT2D eigenvalue weighted by molar-refractivity contribution is -0.136. The minimum absolute atomic E-state index is 0.0219. The number of carbonyl (C=O) groups is 1. The van der Waals surface area contributed by atoms with E-state index in [9.17, 15) is 4.79 Å². The first kappa shape index (κ1) is 18.0. The molecule has 1 aliphatic rings. The summed E-state index contributed by atoms with van der Waals surface area (Å²) in [4.78, 5) is 11.0. The molecule has 2 aromatic rings. The lowest BCUT2D eigenvalue weighted by Gasteiger charge is -2.16. The molecule has 0 bridgehead atoms. The third-order valence-corrected chi connectivity index (χ3v) is 4.68. The Labute approximate surface area is 153 Å². The minimum Gasteiger partial charge on any atom is -0.493 e. The van der Waals surface area contributed by atoms with Crippen LogP contribution in [0, 0.1) is 13.8 Å². The molecule has 3 rings (SSSR count). The number of carboxylic acids is 1. The van der Waals surface area contributed by atoms with Gasteiger partial charge >= 0.3 is 5.97 Å². The maximum atomic E-state index is 11.0. The van der Waals surface area contributed by atoms with Crippen LogP contribution in [-0.2, 0) is 29.1 Å². The zero-order valence-corrected chi connectivity index (χ0v) is 15.2. The van der Waals surface area contributed by atoms with Crippen LogP contribution in [0.1, 0.15) is 35.4 Å². The van der Waals surface area contributed by atoms with Crippen LogP contribution in [0.15, 0.2) is 53.8 Å². The molecule has 5 nitrogen and oxygen atoms in total. The van der Waals surface area contributed by atoms with E-state index < -0.39 is 5.97 Å². The van der Waals surface area contributed by atoms with Gasteiger partial charge in [-0.2, -0.15) is 5.10 Å². The van der Waals surface area contributed by atoms with Crippen molar-refractivity contribution in [2.45, 2.75) is 46.3 Å². The van der Waals surface area contributed by atoms with Crippen LogP contribution in [0.4, 0.5) is 0 Å². The summed E-state index contributed by atoms with van der Waals surface area (Å²) in [6, 6.07) is 10.1. The molecule has 0 radical (unpaired) electrons. The van der Waals surface area contributed by atoms with Crippen LogP contribution in [0.2, 0.25) is 0 Å². The van der Waals surface area contributed by atoms with E-state index >= 15 is 0 Å². The minimum atomic E-state index is -0.823. The van der Waals surface area contributed by atoms with E-state index in [1.165, 1.54) is 5.57 Å². The first-order valence-corrected chi connectivity index (χ1v) is 8.83. The molecule has 5 heteroatoms. The van der Waals surface area contributed by atoms with Crippen molar-refractivity contribution in [3.8, 4) is 0 Å². The van der Waals surface area contributed by atoms with E-state index in [4.69, 9.17) is 9.84 Å². The molecule has 0 aliphatic heterocycles. The maximum Gasteiger partial charge on any atom is 0.307 e. The largest absolute Gasteiger partial charge is 0.493 e. The molecule has 136 valence electrons. The smallest absolute Gasteiger partial charge is 0.307 e. The fourth-order valence-corrected chi connectivity index (χ4v) is 3.15. The van der Waals surface area contributed by atoms with Crippen molar-refractivity contribution in [3.63, 3.8) is 0 Å². The van der Waals surface area contributed by atoms with Crippen LogP contribution >= 0.6 is 0 Å². The molecule has 0 spiro atoms. The van der Waals surface area contributed by atoms with E-state index in [2.05, 4.69) is 23.3 Å². The van der Waals surface area contributed by atoms with Gasteiger partial charge in [-0.1, -0.05) is 36.4 Å². The summed E-state index contributed by atoms with van der Waals surface area (Å²) < 4.78 is 7.79. The topological polar surface area (TPSA) is 64.4 Å². The molecular weight excluding hydrogens is 328 g/mol. The molecule has 0 saturated heterocycles. The number of aryl methyl sites for hydroxylation is 1. The highest BCUT2D eigenvalue weighted by Crippen LogP contribution is 2.23. The number of rotatable bonds is 7. The first-order chi connectivity index (χ1) is 12.5. The predicted octanol–water partition coefficient (Wildman–Crippen LogP) is 3.95. The SMILES string of the molecule is Cc1nn(CC2=CC=C(OCc3ccccc3)CC2)c(C)c1CC(=O)O. The van der Waals surface area contributed by atoms with Crippen LogP contribution in [0.5, 0.6) is 0 Å². The number of nitrogens with zero attached hydrogens (tertiary/aromatic N) is 2. The molecule has 0 unspecified atom stereocenters. The number of ether oxygens (including phenoxy) is 1. The second-order valence-electron chi connectivity index (χ2n) is 6.61. The summed E-state index contributed by atoms with van der Waals surface area (Å²) >= 11 is 0. The average Bonchev–Trinajstić information content (AvgIpc) is 2.89. The van der Waals surface area contributed by atoms with Crippen LogP contribution in [0.3, 0.4) is 0 Å². The Bertz CT molecular complexity index is 848. The van der Waals surface area contributed by atoms with Crippen molar-refractivity contribution in [2.24, 2.45) is 0 Å². The normalized spacial score (nSPS) is 13.9. The number of hydrogen-bond acceptors (Lipinski definition) is 3. The molecule has 1 N–H and O–H groups in total. The standard InChI is InChI=1S/C21H24N2O3/c1-15-20(12-21(24)25)16(2)23(22-15)13-17-8-10-19(11-9-17)26-14-18-6-4-3-5-7-18/h3-8,10H,9,11-14H2,1-2H3,(H,24,25). The van der Waals surface area contributed by atoms with Crippen molar-refractivity contribution >= 4 is 5.97 Å². The highest BCUT2D eigenvalue weighted by atomic mass is 16.5. The molecule has 0 atom stereocenters. The summed E-state index contributed by atoms with van der Waals surface area (Å²) in [7, 11) is 0. The molecule has 1 aromatic heterocycles. The van der Waals surface area contributed by atoms with E-state index in [1.807, 2.05) is 42.8 Å². The van der Waals surface area contributed by atoms with Crippen molar-refractivity contribution in [3.05, 3.63) is 76.3 Å². The Kier molecular flexibility index (Phi) is 5.56. The van der Waals surface area contributed by atoms with Crippen LogP contribution in [0.25, 0.3) is 0 Å². The van der Waals surface area contributed by atoms with Gasteiger partial charge < -0.3 is 9.84 Å². The van der Waals surface area contributed by atoms with Gasteiger partial charge in [0.2, 0.25) is 0 Å². The summed E-state index contributed by atoms with van der Waals surface area (Å²) in [5.41, 5.74) is 4.97. The van der Waals surface area contributed by atoms with E-state index in [-0.39, 0.29) is 6.42 Å². The summed E-state index contributed by atoms with van der Waals surface area (Å²) in [5.74, 6) is 0.174. The Hall–Kier alpha value is -2.82. The number of allylic oxidation sites excluding steroid dienone is 4. The summed E-state index contributed by atoms with van der Waals surface area (Å²) in [6.07, 6.45) is 5.95. The van der Waals surface area contributed by atoms with Gasteiger partial charge in [-0.3, -0.25) is 9.48 Å². The fraction of sp³-hybridized carbons (Fsp3) is 0.333. The highest BCUT2D eigenvalue weighted by molar-refractivity contribution is 5.70. The molecule has 26 heavy (non-hydrogen) atoms. The summed E-state index contributed by atoms with van der Waals surface area (Å²) in [6.45, 7) is 5.08. The average molecular weight is 352 g/mol. The third kappa shape index (κ3) is 4.42. The van der Waals surface area contributed by atoms with Gasteiger partial charge in [-0.05, 0) is 37.5 Å². The molecule has 0 saturated carbocycles. The van der Waals surface area contributed by atoms with E-state index in [0.717, 1.165) is 41.1 Å². The van der Waals surface area contributed by atoms with Crippen molar-refractivity contribution in [1.29, 1.82) is 0 Å². The number of aliphatic carboxylic acids is 1.